The normalized spacial score (nSPS) is 19.6. The van der Waals surface area contributed by atoms with Crippen molar-refractivity contribution < 1.29 is 18.4 Å². The van der Waals surface area contributed by atoms with Gasteiger partial charge in [0.15, 0.2) is 11.5 Å². The van der Waals surface area contributed by atoms with Gasteiger partial charge in [-0.05, 0) is 18.6 Å². The second kappa shape index (κ2) is 6.38. The molecule has 0 N–H and O–H groups in total. The highest BCUT2D eigenvalue weighted by Gasteiger charge is 2.29. The van der Waals surface area contributed by atoms with Gasteiger partial charge in [-0.3, -0.25) is 9.36 Å². The molecule has 1 atom stereocenters. The number of aromatic nitrogens is 2. The summed E-state index contributed by atoms with van der Waals surface area (Å²) in [5, 5.41) is 0. The number of benzene rings is 1. The number of ether oxygens (including phenoxy) is 1. The molecule has 0 bridgehead atoms. The molecular weight excluding hydrogens is 350 g/mol. The summed E-state index contributed by atoms with van der Waals surface area (Å²) >= 11 is 0. The summed E-state index contributed by atoms with van der Waals surface area (Å²) in [6, 6.07) is 7.10. The van der Waals surface area contributed by atoms with Crippen molar-refractivity contribution >= 4 is 17.0 Å². The largest absolute Gasteiger partial charge is 0.445 e. The Hall–Kier alpha value is -2.87. The Bertz CT molecular complexity index is 1060. The number of nitrogens with zero attached hydrogens (tertiary/aromatic N) is 3. The molecule has 3 aromatic rings. The molecule has 2 aromatic heterocycles. The van der Waals surface area contributed by atoms with Crippen molar-refractivity contribution in [2.24, 2.45) is 0 Å². The maximum absolute atomic E-state index is 12.8. The second-order valence-electron chi connectivity index (χ2n) is 6.97. The minimum Gasteiger partial charge on any atom is -0.445 e. The van der Waals surface area contributed by atoms with E-state index in [4.69, 9.17) is 13.6 Å². The van der Waals surface area contributed by atoms with Crippen LogP contribution in [0.5, 0.6) is 0 Å². The second-order valence-corrected chi connectivity index (χ2v) is 6.97. The molecular formula is C19H19N3O5. The molecule has 2 aliphatic heterocycles. The fourth-order valence-corrected chi connectivity index (χ4v) is 3.73. The molecule has 8 nitrogen and oxygen atoms in total. The van der Waals surface area contributed by atoms with Gasteiger partial charge in [-0.15, -0.1) is 0 Å². The zero-order valence-corrected chi connectivity index (χ0v) is 14.7. The van der Waals surface area contributed by atoms with Crippen LogP contribution in [0.3, 0.4) is 0 Å². The number of amides is 1. The van der Waals surface area contributed by atoms with Gasteiger partial charge in [0.2, 0.25) is 5.91 Å². The number of hydrogen-bond acceptors (Lipinski definition) is 6. The van der Waals surface area contributed by atoms with Crippen LogP contribution in [0.25, 0.3) is 11.1 Å². The highest BCUT2D eigenvalue weighted by Crippen LogP contribution is 2.29. The van der Waals surface area contributed by atoms with E-state index in [1.54, 1.807) is 23.1 Å². The van der Waals surface area contributed by atoms with Gasteiger partial charge >= 0.3 is 5.76 Å². The number of hydrogen-bond donors (Lipinski definition) is 0. The summed E-state index contributed by atoms with van der Waals surface area (Å²) in [5.41, 5.74) is 1.91. The average molecular weight is 369 g/mol. The van der Waals surface area contributed by atoms with Gasteiger partial charge in [-0.2, -0.15) is 0 Å². The van der Waals surface area contributed by atoms with Gasteiger partial charge < -0.3 is 18.5 Å². The Morgan fingerprint density at radius 3 is 3.00 bits per heavy atom. The van der Waals surface area contributed by atoms with Gasteiger partial charge in [0, 0.05) is 19.6 Å². The lowest BCUT2D eigenvalue weighted by molar-refractivity contribution is -0.132. The first-order valence-corrected chi connectivity index (χ1v) is 9.11. The van der Waals surface area contributed by atoms with Gasteiger partial charge in [0.1, 0.15) is 18.0 Å². The van der Waals surface area contributed by atoms with Gasteiger partial charge in [-0.25, -0.2) is 9.78 Å². The number of oxazole rings is 2. The highest BCUT2D eigenvalue weighted by atomic mass is 16.5. The summed E-state index contributed by atoms with van der Waals surface area (Å²) < 4.78 is 17.9. The van der Waals surface area contributed by atoms with Crippen molar-refractivity contribution in [2.75, 3.05) is 19.8 Å². The Morgan fingerprint density at radius 2 is 2.15 bits per heavy atom. The van der Waals surface area contributed by atoms with E-state index in [-0.39, 0.29) is 18.4 Å². The van der Waals surface area contributed by atoms with Gasteiger partial charge in [-0.1, -0.05) is 12.1 Å². The van der Waals surface area contributed by atoms with E-state index < -0.39 is 5.76 Å². The van der Waals surface area contributed by atoms with Crippen molar-refractivity contribution in [3.05, 3.63) is 52.2 Å². The van der Waals surface area contributed by atoms with Crippen LogP contribution in [0.1, 0.15) is 29.7 Å². The minimum atomic E-state index is -0.521. The highest BCUT2D eigenvalue weighted by molar-refractivity contribution is 5.79. The monoisotopic (exact) mass is 369 g/mol. The van der Waals surface area contributed by atoms with Crippen molar-refractivity contribution in [1.29, 1.82) is 0 Å². The Balaban J connectivity index is 1.34. The number of para-hydroxylation sites is 2. The van der Waals surface area contributed by atoms with E-state index in [1.165, 1.54) is 4.57 Å². The molecule has 1 amide bonds. The third-order valence-electron chi connectivity index (χ3n) is 5.24. The standard InChI is InChI=1S/C19H19N3O5/c23-17(10-22-14-3-1-2-4-16(14)27-19(22)24)21-7-5-15-13(9-21)20-18(26-15)12-6-8-25-11-12/h1-4,12H,5-11H2. The van der Waals surface area contributed by atoms with E-state index >= 15 is 0 Å². The summed E-state index contributed by atoms with van der Waals surface area (Å²) in [5.74, 6) is 1.11. The molecule has 1 unspecified atom stereocenters. The molecule has 1 aromatic carbocycles. The van der Waals surface area contributed by atoms with E-state index in [9.17, 15) is 9.59 Å². The lowest BCUT2D eigenvalue weighted by Crippen LogP contribution is -2.39. The number of carbonyl (C=O) groups excluding carboxylic acids is 1. The first-order chi connectivity index (χ1) is 13.2. The molecule has 1 saturated heterocycles. The predicted octanol–water partition coefficient (Wildman–Crippen LogP) is 1.67. The SMILES string of the molecule is O=C(Cn1c(=O)oc2ccccc21)N1CCc2oc(C3CCOC3)nc2C1. The first-order valence-electron chi connectivity index (χ1n) is 9.11. The molecule has 140 valence electrons. The molecule has 27 heavy (non-hydrogen) atoms. The zero-order valence-electron chi connectivity index (χ0n) is 14.7. The van der Waals surface area contributed by atoms with E-state index in [2.05, 4.69) is 4.98 Å². The maximum atomic E-state index is 12.8. The summed E-state index contributed by atoms with van der Waals surface area (Å²) in [7, 11) is 0. The Kier molecular flexibility index (Phi) is 3.86. The van der Waals surface area contributed by atoms with Gasteiger partial charge in [0.25, 0.3) is 0 Å². The van der Waals surface area contributed by atoms with Crippen LogP contribution in [-0.4, -0.2) is 40.1 Å². The molecule has 0 aliphatic carbocycles. The molecule has 8 heteroatoms. The fraction of sp³-hybridized carbons (Fsp3) is 0.421. The average Bonchev–Trinajstić information content (AvgIpc) is 3.40. The van der Waals surface area contributed by atoms with Crippen LogP contribution in [0.4, 0.5) is 0 Å². The van der Waals surface area contributed by atoms with Crippen LogP contribution < -0.4 is 5.76 Å². The maximum Gasteiger partial charge on any atom is 0.420 e. The van der Waals surface area contributed by atoms with E-state index in [1.807, 2.05) is 6.07 Å². The topological polar surface area (TPSA) is 90.7 Å². The van der Waals surface area contributed by atoms with E-state index in [0.29, 0.717) is 43.1 Å². The Labute approximate surface area is 154 Å². The molecule has 1 fully saturated rings. The molecule has 0 saturated carbocycles. The Morgan fingerprint density at radius 1 is 1.26 bits per heavy atom. The van der Waals surface area contributed by atoms with Gasteiger partial charge in [0.05, 0.1) is 24.6 Å². The number of fused-ring (bicyclic) bond motifs is 2. The third kappa shape index (κ3) is 2.86. The van der Waals surface area contributed by atoms with Crippen LogP contribution >= 0.6 is 0 Å². The smallest absolute Gasteiger partial charge is 0.420 e. The quantitative estimate of drug-likeness (QED) is 0.698. The van der Waals surface area contributed by atoms with Crippen LogP contribution in [-0.2, 0) is 29.0 Å². The van der Waals surface area contributed by atoms with Crippen LogP contribution in [0.2, 0.25) is 0 Å². The lowest BCUT2D eigenvalue weighted by atomic mass is 10.1. The third-order valence-corrected chi connectivity index (χ3v) is 5.24. The lowest BCUT2D eigenvalue weighted by Gasteiger charge is -2.25. The minimum absolute atomic E-state index is 0.0493. The van der Waals surface area contributed by atoms with Crippen LogP contribution in [0.15, 0.2) is 37.9 Å². The summed E-state index contributed by atoms with van der Waals surface area (Å²) in [4.78, 5) is 31.2. The number of carbonyl (C=O) groups is 1. The summed E-state index contributed by atoms with van der Waals surface area (Å²) in [6.45, 7) is 2.27. The zero-order chi connectivity index (χ0) is 18.4. The fourth-order valence-electron chi connectivity index (χ4n) is 3.73. The van der Waals surface area contributed by atoms with Crippen molar-refractivity contribution in [3.63, 3.8) is 0 Å². The first kappa shape index (κ1) is 16.3. The molecule has 5 rings (SSSR count). The predicted molar refractivity (Wildman–Crippen MR) is 94.3 cm³/mol. The number of rotatable bonds is 3. The summed E-state index contributed by atoms with van der Waals surface area (Å²) in [6.07, 6.45) is 1.54. The molecule has 0 spiro atoms. The molecule has 2 aliphatic rings. The van der Waals surface area contributed by atoms with Crippen LogP contribution in [0, 0.1) is 0 Å². The van der Waals surface area contributed by atoms with Crippen molar-refractivity contribution in [1.82, 2.24) is 14.5 Å². The van der Waals surface area contributed by atoms with E-state index in [0.717, 1.165) is 24.5 Å². The van der Waals surface area contributed by atoms with Crippen molar-refractivity contribution in [3.8, 4) is 0 Å². The molecule has 0 radical (unpaired) electrons. The van der Waals surface area contributed by atoms with Crippen molar-refractivity contribution in [2.45, 2.75) is 31.8 Å². The molecule has 4 heterocycles.